The van der Waals surface area contributed by atoms with E-state index in [0.717, 1.165) is 12.0 Å². The maximum atomic E-state index is 12.3. The van der Waals surface area contributed by atoms with Gasteiger partial charge in [-0.2, -0.15) is 5.10 Å². The number of allylic oxidation sites excluding steroid dienone is 1. The molecule has 1 heterocycles. The van der Waals surface area contributed by atoms with Crippen molar-refractivity contribution in [3.8, 4) is 11.5 Å². The van der Waals surface area contributed by atoms with Crippen LogP contribution in [0.4, 0.5) is 0 Å². The van der Waals surface area contributed by atoms with Gasteiger partial charge >= 0.3 is 0 Å². The van der Waals surface area contributed by atoms with E-state index >= 15 is 0 Å². The van der Waals surface area contributed by atoms with Crippen LogP contribution < -0.4 is 9.47 Å². The largest absolute Gasteiger partial charge is 0.493 e. The summed E-state index contributed by atoms with van der Waals surface area (Å²) in [7, 11) is 1.56. The van der Waals surface area contributed by atoms with Crippen molar-refractivity contribution in [3.63, 3.8) is 0 Å². The minimum atomic E-state index is -0.117. The number of hydrogen-bond donors (Lipinski definition) is 0. The van der Waals surface area contributed by atoms with E-state index in [9.17, 15) is 4.79 Å². The normalized spacial score (nSPS) is 11.3. The molecule has 1 aromatic carbocycles. The molecule has 0 aliphatic rings. The number of methoxy groups -OCH3 is 1. The molecule has 0 saturated carbocycles. The van der Waals surface area contributed by atoms with Gasteiger partial charge in [-0.15, -0.1) is 0 Å². The van der Waals surface area contributed by atoms with Gasteiger partial charge in [-0.1, -0.05) is 24.6 Å². The molecule has 1 aromatic heterocycles. The van der Waals surface area contributed by atoms with E-state index in [2.05, 4.69) is 5.10 Å². The Kier molecular flexibility index (Phi) is 6.65. The number of ketones is 1. The highest BCUT2D eigenvalue weighted by molar-refractivity contribution is 6.32. The summed E-state index contributed by atoms with van der Waals surface area (Å²) in [6.07, 6.45) is 7.39. The monoisotopic (exact) mass is 362 g/mol. The highest BCUT2D eigenvalue weighted by Gasteiger charge is 2.12. The van der Waals surface area contributed by atoms with E-state index in [0.29, 0.717) is 28.7 Å². The van der Waals surface area contributed by atoms with E-state index in [1.54, 1.807) is 42.4 Å². The third-order valence-electron chi connectivity index (χ3n) is 3.54. The topological polar surface area (TPSA) is 53.3 Å². The van der Waals surface area contributed by atoms with E-state index in [4.69, 9.17) is 21.1 Å². The highest BCUT2D eigenvalue weighted by atomic mass is 35.5. The Morgan fingerprint density at radius 2 is 2.16 bits per heavy atom. The molecule has 2 rings (SSSR count). The number of ether oxygens (including phenoxy) is 2. The van der Waals surface area contributed by atoms with Crippen molar-refractivity contribution in [2.75, 3.05) is 13.7 Å². The number of halogens is 1. The van der Waals surface area contributed by atoms with Crippen molar-refractivity contribution in [2.45, 2.75) is 33.2 Å². The molecule has 0 bridgehead atoms. The van der Waals surface area contributed by atoms with Gasteiger partial charge in [0.2, 0.25) is 0 Å². The van der Waals surface area contributed by atoms with Gasteiger partial charge in [0.05, 0.1) is 30.5 Å². The fraction of sp³-hybridized carbons (Fsp3) is 0.368. The van der Waals surface area contributed by atoms with E-state index < -0.39 is 0 Å². The van der Waals surface area contributed by atoms with E-state index in [-0.39, 0.29) is 11.8 Å². The summed E-state index contributed by atoms with van der Waals surface area (Å²) in [5.74, 6) is 0.946. The molecule has 25 heavy (non-hydrogen) atoms. The van der Waals surface area contributed by atoms with Gasteiger partial charge in [0, 0.05) is 12.2 Å². The standard InChI is InChI=1S/C19H23ClN2O3/c1-5-8-25-19-16(20)9-14(10-18(19)24-4)6-7-17(23)15-11-21-22(12-15)13(2)3/h6-7,9-13H,5,8H2,1-4H3. The molecule has 0 unspecified atom stereocenters. The summed E-state index contributed by atoms with van der Waals surface area (Å²) in [6.45, 7) is 6.59. The van der Waals surface area contributed by atoms with Gasteiger partial charge < -0.3 is 9.47 Å². The van der Waals surface area contributed by atoms with Crippen LogP contribution in [0, 0.1) is 0 Å². The minimum absolute atomic E-state index is 0.117. The maximum absolute atomic E-state index is 12.3. The van der Waals surface area contributed by atoms with Crippen LogP contribution in [-0.4, -0.2) is 29.3 Å². The molecule has 0 N–H and O–H groups in total. The summed E-state index contributed by atoms with van der Waals surface area (Å²) < 4.78 is 12.7. The van der Waals surface area contributed by atoms with Crippen molar-refractivity contribution >= 4 is 23.5 Å². The van der Waals surface area contributed by atoms with Crippen molar-refractivity contribution in [1.82, 2.24) is 9.78 Å². The number of carbonyl (C=O) groups excluding carboxylic acids is 1. The van der Waals surface area contributed by atoms with Crippen LogP contribution in [0.15, 0.2) is 30.6 Å². The fourth-order valence-corrected chi connectivity index (χ4v) is 2.47. The van der Waals surface area contributed by atoms with Gasteiger partial charge in [0.1, 0.15) is 0 Å². The lowest BCUT2D eigenvalue weighted by molar-refractivity contribution is 0.104. The first-order valence-corrected chi connectivity index (χ1v) is 8.61. The molecule has 0 atom stereocenters. The summed E-state index contributed by atoms with van der Waals surface area (Å²) in [4.78, 5) is 12.3. The second-order valence-corrected chi connectivity index (χ2v) is 6.29. The lowest BCUT2D eigenvalue weighted by Crippen LogP contribution is -2.00. The number of nitrogens with zero attached hydrogens (tertiary/aromatic N) is 2. The summed E-state index contributed by atoms with van der Waals surface area (Å²) in [5, 5.41) is 4.63. The lowest BCUT2D eigenvalue weighted by atomic mass is 10.1. The summed E-state index contributed by atoms with van der Waals surface area (Å²) in [5.41, 5.74) is 1.31. The molecule has 0 aliphatic carbocycles. The molecule has 0 amide bonds. The molecule has 2 aromatic rings. The summed E-state index contributed by atoms with van der Waals surface area (Å²) in [6, 6.07) is 3.75. The molecule has 0 radical (unpaired) electrons. The first-order valence-electron chi connectivity index (χ1n) is 8.23. The van der Waals surface area contributed by atoms with Crippen molar-refractivity contribution in [2.24, 2.45) is 0 Å². The van der Waals surface area contributed by atoms with Gasteiger partial charge in [0.15, 0.2) is 17.3 Å². The van der Waals surface area contributed by atoms with Crippen molar-refractivity contribution < 1.29 is 14.3 Å². The zero-order chi connectivity index (χ0) is 18.4. The number of aromatic nitrogens is 2. The predicted octanol–water partition coefficient (Wildman–Crippen LogP) is 4.81. The zero-order valence-electron chi connectivity index (χ0n) is 15.0. The van der Waals surface area contributed by atoms with Crippen LogP contribution in [-0.2, 0) is 0 Å². The van der Waals surface area contributed by atoms with Crippen LogP contribution in [0.3, 0.4) is 0 Å². The Labute approximate surface area is 153 Å². The Hall–Kier alpha value is -2.27. The second kappa shape index (κ2) is 8.72. The number of hydrogen-bond acceptors (Lipinski definition) is 4. The Balaban J connectivity index is 2.19. The van der Waals surface area contributed by atoms with Crippen LogP contribution in [0.25, 0.3) is 6.08 Å². The molecule has 0 spiro atoms. The van der Waals surface area contributed by atoms with Gasteiger partial charge in [-0.05, 0) is 44.0 Å². The quantitative estimate of drug-likeness (QED) is 0.499. The average molecular weight is 363 g/mol. The van der Waals surface area contributed by atoms with E-state index in [1.807, 2.05) is 20.8 Å². The van der Waals surface area contributed by atoms with Crippen LogP contribution >= 0.6 is 11.6 Å². The van der Waals surface area contributed by atoms with Crippen LogP contribution in [0.5, 0.6) is 11.5 Å². The molecule has 134 valence electrons. The maximum Gasteiger partial charge on any atom is 0.189 e. The van der Waals surface area contributed by atoms with Crippen molar-refractivity contribution in [3.05, 3.63) is 46.8 Å². The molecule has 5 nitrogen and oxygen atoms in total. The minimum Gasteiger partial charge on any atom is -0.493 e. The third-order valence-corrected chi connectivity index (χ3v) is 3.83. The molecule has 6 heteroatoms. The fourth-order valence-electron chi connectivity index (χ4n) is 2.20. The van der Waals surface area contributed by atoms with Gasteiger partial charge in [0.25, 0.3) is 0 Å². The highest BCUT2D eigenvalue weighted by Crippen LogP contribution is 2.36. The Morgan fingerprint density at radius 3 is 2.76 bits per heavy atom. The van der Waals surface area contributed by atoms with Gasteiger partial charge in [-0.3, -0.25) is 9.48 Å². The summed E-state index contributed by atoms with van der Waals surface area (Å²) >= 11 is 6.28. The number of carbonyl (C=O) groups is 1. The smallest absolute Gasteiger partial charge is 0.189 e. The van der Waals surface area contributed by atoms with E-state index in [1.165, 1.54) is 6.08 Å². The van der Waals surface area contributed by atoms with Gasteiger partial charge in [-0.25, -0.2) is 0 Å². The molecular formula is C19H23ClN2O3. The molecular weight excluding hydrogens is 340 g/mol. The SMILES string of the molecule is CCCOc1c(Cl)cc(C=CC(=O)c2cnn(C(C)C)c2)cc1OC. The van der Waals surface area contributed by atoms with Crippen LogP contribution in [0.1, 0.15) is 49.2 Å². The number of benzene rings is 1. The second-order valence-electron chi connectivity index (χ2n) is 5.88. The first-order chi connectivity index (χ1) is 12.0. The Bertz CT molecular complexity index is 766. The van der Waals surface area contributed by atoms with Crippen molar-refractivity contribution in [1.29, 1.82) is 0 Å². The average Bonchev–Trinajstić information content (AvgIpc) is 3.08. The molecule has 0 fully saturated rings. The number of rotatable bonds is 8. The first kappa shape index (κ1) is 19.1. The third kappa shape index (κ3) is 4.86. The predicted molar refractivity (Wildman–Crippen MR) is 99.8 cm³/mol. The molecule has 0 aliphatic heterocycles. The lowest BCUT2D eigenvalue weighted by Gasteiger charge is -2.12. The van der Waals surface area contributed by atoms with Crippen LogP contribution in [0.2, 0.25) is 5.02 Å². The molecule has 0 saturated heterocycles. The Morgan fingerprint density at radius 1 is 1.40 bits per heavy atom. The zero-order valence-corrected chi connectivity index (χ0v) is 15.7.